The first-order chi connectivity index (χ1) is 14.7. The Bertz CT molecular complexity index is 1100. The van der Waals surface area contributed by atoms with Crippen molar-refractivity contribution < 1.29 is 9.53 Å². The van der Waals surface area contributed by atoms with Gasteiger partial charge in [0.1, 0.15) is 12.4 Å². The summed E-state index contributed by atoms with van der Waals surface area (Å²) in [5.41, 5.74) is 4.44. The molecule has 0 fully saturated rings. The van der Waals surface area contributed by atoms with Gasteiger partial charge in [-0.1, -0.05) is 60.7 Å². The molecule has 4 rings (SSSR count). The van der Waals surface area contributed by atoms with Crippen LogP contribution in [0.2, 0.25) is 0 Å². The maximum atomic E-state index is 12.6. The van der Waals surface area contributed by atoms with Crippen LogP contribution in [-0.2, 0) is 13.2 Å². The van der Waals surface area contributed by atoms with Crippen LogP contribution in [0.25, 0.3) is 5.69 Å². The molecule has 1 aromatic heterocycles. The minimum absolute atomic E-state index is 0.140. The number of hydrogen-bond acceptors (Lipinski definition) is 3. The summed E-state index contributed by atoms with van der Waals surface area (Å²) in [4.78, 5) is 12.6. The summed E-state index contributed by atoms with van der Waals surface area (Å²) in [7, 11) is 0. The summed E-state index contributed by atoms with van der Waals surface area (Å²) >= 11 is 0. The summed E-state index contributed by atoms with van der Waals surface area (Å²) in [5.74, 6) is 0.660. The quantitative estimate of drug-likeness (QED) is 0.492. The molecule has 0 spiro atoms. The molecule has 4 aromatic rings. The average molecular weight is 397 g/mol. The Labute approximate surface area is 175 Å². The molecule has 1 N–H and O–H groups in total. The molecule has 3 aromatic carbocycles. The van der Waals surface area contributed by atoms with Gasteiger partial charge in [0.15, 0.2) is 0 Å². The second-order valence-electron chi connectivity index (χ2n) is 6.99. The van der Waals surface area contributed by atoms with Gasteiger partial charge in [0.25, 0.3) is 5.91 Å². The molecular formula is C25H23N3O2. The minimum atomic E-state index is -0.140. The van der Waals surface area contributed by atoms with E-state index in [2.05, 4.69) is 10.4 Å². The standard InChI is InChI=1S/C25H23N3O2/c1-19-24(17-27-28(19)22-10-6-3-7-11-22)25(29)26-16-20-12-14-23(15-13-20)30-18-21-8-4-2-5-9-21/h2-15,17H,16,18H2,1H3,(H,26,29). The van der Waals surface area contributed by atoms with Crippen molar-refractivity contribution >= 4 is 5.91 Å². The van der Waals surface area contributed by atoms with E-state index >= 15 is 0 Å². The Morgan fingerprint density at radius 3 is 2.27 bits per heavy atom. The molecule has 0 atom stereocenters. The van der Waals surface area contributed by atoms with Crippen molar-refractivity contribution in [2.45, 2.75) is 20.1 Å². The first-order valence-electron chi connectivity index (χ1n) is 9.84. The fourth-order valence-electron chi connectivity index (χ4n) is 3.18. The number of ether oxygens (including phenoxy) is 1. The van der Waals surface area contributed by atoms with E-state index in [4.69, 9.17) is 4.74 Å². The Hall–Kier alpha value is -3.86. The summed E-state index contributed by atoms with van der Waals surface area (Å²) in [6.07, 6.45) is 1.61. The molecule has 30 heavy (non-hydrogen) atoms. The zero-order valence-electron chi connectivity index (χ0n) is 16.8. The number of rotatable bonds is 7. The first kappa shape index (κ1) is 19.5. The van der Waals surface area contributed by atoms with Gasteiger partial charge in [0.2, 0.25) is 0 Å². The van der Waals surface area contributed by atoms with Gasteiger partial charge in [0.05, 0.1) is 23.1 Å². The van der Waals surface area contributed by atoms with E-state index in [9.17, 15) is 4.79 Å². The number of nitrogens with zero attached hydrogens (tertiary/aromatic N) is 2. The van der Waals surface area contributed by atoms with Crippen LogP contribution >= 0.6 is 0 Å². The third kappa shape index (κ3) is 4.58. The lowest BCUT2D eigenvalue weighted by molar-refractivity contribution is 0.0950. The fraction of sp³-hybridized carbons (Fsp3) is 0.120. The van der Waals surface area contributed by atoms with E-state index in [1.54, 1.807) is 10.9 Å². The van der Waals surface area contributed by atoms with Crippen molar-refractivity contribution in [2.75, 3.05) is 0 Å². The number of hydrogen-bond donors (Lipinski definition) is 1. The van der Waals surface area contributed by atoms with Crippen LogP contribution in [0.4, 0.5) is 0 Å². The maximum absolute atomic E-state index is 12.6. The van der Waals surface area contributed by atoms with E-state index in [0.717, 1.165) is 28.3 Å². The lowest BCUT2D eigenvalue weighted by Crippen LogP contribution is -2.23. The van der Waals surface area contributed by atoms with Gasteiger partial charge >= 0.3 is 0 Å². The molecule has 1 amide bonds. The number of para-hydroxylation sites is 1. The highest BCUT2D eigenvalue weighted by atomic mass is 16.5. The van der Waals surface area contributed by atoms with E-state index in [1.165, 1.54) is 0 Å². The lowest BCUT2D eigenvalue weighted by Gasteiger charge is -2.09. The van der Waals surface area contributed by atoms with E-state index in [0.29, 0.717) is 18.7 Å². The van der Waals surface area contributed by atoms with Gasteiger partial charge in [-0.2, -0.15) is 5.10 Å². The van der Waals surface area contributed by atoms with Crippen LogP contribution in [0.15, 0.2) is 91.1 Å². The predicted octanol–water partition coefficient (Wildman–Crippen LogP) is 4.69. The van der Waals surface area contributed by atoms with Crippen LogP contribution in [0.3, 0.4) is 0 Å². The predicted molar refractivity (Wildman–Crippen MR) is 117 cm³/mol. The van der Waals surface area contributed by atoms with Crippen molar-refractivity contribution in [3.8, 4) is 11.4 Å². The summed E-state index contributed by atoms with van der Waals surface area (Å²) in [5, 5.41) is 7.32. The van der Waals surface area contributed by atoms with Crippen LogP contribution in [0.1, 0.15) is 27.2 Å². The molecule has 0 radical (unpaired) electrons. The summed E-state index contributed by atoms with van der Waals surface area (Å²) < 4.78 is 7.58. The van der Waals surface area contributed by atoms with Crippen molar-refractivity contribution in [2.24, 2.45) is 0 Å². The van der Waals surface area contributed by atoms with Gasteiger partial charge in [-0.05, 0) is 42.3 Å². The molecule has 5 nitrogen and oxygen atoms in total. The SMILES string of the molecule is Cc1c(C(=O)NCc2ccc(OCc3ccccc3)cc2)cnn1-c1ccccc1. The van der Waals surface area contributed by atoms with E-state index < -0.39 is 0 Å². The monoisotopic (exact) mass is 397 g/mol. The molecule has 0 unspecified atom stereocenters. The number of aromatic nitrogens is 2. The molecule has 0 saturated carbocycles. The topological polar surface area (TPSA) is 56.1 Å². The Morgan fingerprint density at radius 2 is 1.57 bits per heavy atom. The van der Waals surface area contributed by atoms with Crippen molar-refractivity contribution in [3.63, 3.8) is 0 Å². The smallest absolute Gasteiger partial charge is 0.255 e. The van der Waals surface area contributed by atoms with Gasteiger partial charge in [-0.3, -0.25) is 4.79 Å². The normalized spacial score (nSPS) is 10.6. The van der Waals surface area contributed by atoms with E-state index in [1.807, 2.05) is 91.9 Å². The molecular weight excluding hydrogens is 374 g/mol. The Kier molecular flexibility index (Phi) is 5.90. The zero-order chi connectivity index (χ0) is 20.8. The van der Waals surface area contributed by atoms with Gasteiger partial charge in [0, 0.05) is 6.54 Å². The highest BCUT2D eigenvalue weighted by Gasteiger charge is 2.14. The lowest BCUT2D eigenvalue weighted by atomic mass is 10.2. The van der Waals surface area contributed by atoms with Crippen LogP contribution in [0, 0.1) is 6.92 Å². The number of carbonyl (C=O) groups excluding carboxylic acids is 1. The van der Waals surface area contributed by atoms with Gasteiger partial charge in [-0.25, -0.2) is 4.68 Å². The van der Waals surface area contributed by atoms with Crippen LogP contribution in [-0.4, -0.2) is 15.7 Å². The molecule has 0 bridgehead atoms. The Balaban J connectivity index is 1.33. The summed E-state index contributed by atoms with van der Waals surface area (Å²) in [6.45, 7) is 2.86. The molecule has 150 valence electrons. The number of benzene rings is 3. The third-order valence-corrected chi connectivity index (χ3v) is 4.88. The molecule has 5 heteroatoms. The first-order valence-corrected chi connectivity index (χ1v) is 9.84. The number of amides is 1. The van der Waals surface area contributed by atoms with Crippen LogP contribution in [0.5, 0.6) is 5.75 Å². The molecule has 0 aliphatic carbocycles. The molecule has 1 heterocycles. The second kappa shape index (κ2) is 9.09. The van der Waals surface area contributed by atoms with Crippen LogP contribution < -0.4 is 10.1 Å². The summed E-state index contributed by atoms with van der Waals surface area (Å²) in [6, 6.07) is 27.6. The highest BCUT2D eigenvalue weighted by molar-refractivity contribution is 5.95. The zero-order valence-corrected chi connectivity index (χ0v) is 16.8. The number of carbonyl (C=O) groups is 1. The highest BCUT2D eigenvalue weighted by Crippen LogP contribution is 2.16. The molecule has 0 aliphatic heterocycles. The molecule has 0 aliphatic rings. The van der Waals surface area contributed by atoms with Crippen molar-refractivity contribution in [3.05, 3.63) is 114 Å². The van der Waals surface area contributed by atoms with Crippen molar-refractivity contribution in [1.82, 2.24) is 15.1 Å². The fourth-order valence-corrected chi connectivity index (χ4v) is 3.18. The Morgan fingerprint density at radius 1 is 0.900 bits per heavy atom. The minimum Gasteiger partial charge on any atom is -0.489 e. The van der Waals surface area contributed by atoms with Gasteiger partial charge < -0.3 is 10.1 Å². The number of nitrogens with one attached hydrogen (secondary N) is 1. The average Bonchev–Trinajstić information content (AvgIpc) is 3.19. The largest absolute Gasteiger partial charge is 0.489 e. The van der Waals surface area contributed by atoms with E-state index in [-0.39, 0.29) is 5.91 Å². The van der Waals surface area contributed by atoms with Gasteiger partial charge in [-0.15, -0.1) is 0 Å². The molecule has 0 saturated heterocycles. The third-order valence-electron chi connectivity index (χ3n) is 4.88. The van der Waals surface area contributed by atoms with Crippen molar-refractivity contribution in [1.29, 1.82) is 0 Å². The maximum Gasteiger partial charge on any atom is 0.255 e. The second-order valence-corrected chi connectivity index (χ2v) is 6.99.